The fourth-order valence-corrected chi connectivity index (χ4v) is 3.73. The number of carboxylic acids is 1. The molecule has 1 aliphatic heterocycles. The van der Waals surface area contributed by atoms with E-state index >= 15 is 0 Å². The largest absolute Gasteiger partial charge is 0.481 e. The lowest BCUT2D eigenvalue weighted by atomic mass is 10.2. The molecular weight excluding hydrogens is 286 g/mol. The number of nitrogens with zero attached hydrogens (tertiary/aromatic N) is 3. The Labute approximate surface area is 115 Å². The van der Waals surface area contributed by atoms with Crippen molar-refractivity contribution in [2.45, 2.75) is 19.0 Å². The summed E-state index contributed by atoms with van der Waals surface area (Å²) in [4.78, 5) is 24.3. The van der Waals surface area contributed by atoms with E-state index in [0.29, 0.717) is 0 Å². The Balaban J connectivity index is 2.11. The molecule has 1 aromatic rings. The van der Waals surface area contributed by atoms with Crippen LogP contribution in [-0.4, -0.2) is 64.2 Å². The SMILES string of the molecule is O=C(O)CC1CS(=O)(=O)CCN1C(=O)Cn1cccn1. The summed E-state index contributed by atoms with van der Waals surface area (Å²) < 4.78 is 24.6. The maximum absolute atomic E-state index is 12.1. The van der Waals surface area contributed by atoms with Gasteiger partial charge in [-0.25, -0.2) is 8.42 Å². The number of hydrogen-bond donors (Lipinski definition) is 1. The molecule has 1 aliphatic rings. The minimum atomic E-state index is -3.29. The van der Waals surface area contributed by atoms with Crippen LogP contribution in [0.2, 0.25) is 0 Å². The second-order valence-corrected chi connectivity index (χ2v) is 6.89. The highest BCUT2D eigenvalue weighted by Crippen LogP contribution is 2.15. The van der Waals surface area contributed by atoms with Gasteiger partial charge in [-0.05, 0) is 6.07 Å². The van der Waals surface area contributed by atoms with E-state index in [1.807, 2.05) is 0 Å². The fourth-order valence-electron chi connectivity index (χ4n) is 2.21. The molecule has 0 aromatic carbocycles. The van der Waals surface area contributed by atoms with E-state index in [-0.39, 0.29) is 36.9 Å². The summed E-state index contributed by atoms with van der Waals surface area (Å²) in [5.74, 6) is -1.88. The molecular formula is C11H15N3O5S. The number of aliphatic carboxylic acids is 1. The normalized spacial score (nSPS) is 21.6. The summed E-state index contributed by atoms with van der Waals surface area (Å²) in [5.41, 5.74) is 0. The lowest BCUT2D eigenvalue weighted by Gasteiger charge is -2.34. The number of sulfone groups is 1. The third-order valence-electron chi connectivity index (χ3n) is 3.12. The average molecular weight is 301 g/mol. The first-order valence-corrected chi connectivity index (χ1v) is 7.88. The number of carbonyl (C=O) groups is 2. The molecule has 1 saturated heterocycles. The second-order valence-electron chi connectivity index (χ2n) is 4.66. The van der Waals surface area contributed by atoms with Crippen LogP contribution in [0, 0.1) is 0 Å². The molecule has 1 amide bonds. The van der Waals surface area contributed by atoms with Gasteiger partial charge in [0.05, 0.1) is 24.0 Å². The molecule has 2 heterocycles. The predicted octanol–water partition coefficient (Wildman–Crippen LogP) is -1.02. The number of amides is 1. The Morgan fingerprint density at radius 1 is 1.40 bits per heavy atom. The first-order valence-electron chi connectivity index (χ1n) is 6.06. The van der Waals surface area contributed by atoms with Gasteiger partial charge in [0.2, 0.25) is 5.91 Å². The Bertz CT molecular complexity index is 596. The summed E-state index contributed by atoms with van der Waals surface area (Å²) in [6, 6.07) is 0.858. The lowest BCUT2D eigenvalue weighted by molar-refractivity contribution is -0.140. The first-order chi connectivity index (χ1) is 9.37. The molecule has 8 nitrogen and oxygen atoms in total. The number of carbonyl (C=O) groups excluding carboxylic acids is 1. The minimum Gasteiger partial charge on any atom is -0.481 e. The van der Waals surface area contributed by atoms with E-state index in [1.165, 1.54) is 15.8 Å². The van der Waals surface area contributed by atoms with Crippen molar-refractivity contribution in [1.29, 1.82) is 0 Å². The van der Waals surface area contributed by atoms with E-state index in [2.05, 4.69) is 5.10 Å². The van der Waals surface area contributed by atoms with Crippen molar-refractivity contribution in [3.05, 3.63) is 18.5 Å². The molecule has 1 N–H and O–H groups in total. The average Bonchev–Trinajstić information content (AvgIpc) is 2.79. The molecule has 0 aliphatic carbocycles. The third kappa shape index (κ3) is 3.56. The van der Waals surface area contributed by atoms with Gasteiger partial charge in [-0.3, -0.25) is 14.3 Å². The molecule has 9 heteroatoms. The number of aromatic nitrogens is 2. The van der Waals surface area contributed by atoms with Crippen molar-refractivity contribution in [1.82, 2.24) is 14.7 Å². The van der Waals surface area contributed by atoms with Gasteiger partial charge in [0.1, 0.15) is 6.54 Å². The quantitative estimate of drug-likeness (QED) is 0.762. The monoisotopic (exact) mass is 301 g/mol. The maximum atomic E-state index is 12.1. The number of hydrogen-bond acceptors (Lipinski definition) is 5. The van der Waals surface area contributed by atoms with Gasteiger partial charge in [0.25, 0.3) is 0 Å². The molecule has 0 spiro atoms. The van der Waals surface area contributed by atoms with Crippen LogP contribution in [0.25, 0.3) is 0 Å². The number of rotatable bonds is 4. The van der Waals surface area contributed by atoms with Crippen LogP contribution >= 0.6 is 0 Å². The maximum Gasteiger partial charge on any atom is 0.305 e. The van der Waals surface area contributed by atoms with Crippen LogP contribution in [-0.2, 0) is 26.0 Å². The van der Waals surface area contributed by atoms with Crippen molar-refractivity contribution >= 4 is 21.7 Å². The van der Waals surface area contributed by atoms with Crippen LogP contribution in [0.4, 0.5) is 0 Å². The first kappa shape index (κ1) is 14.5. The van der Waals surface area contributed by atoms with Crippen LogP contribution < -0.4 is 0 Å². The van der Waals surface area contributed by atoms with Gasteiger partial charge < -0.3 is 10.0 Å². The van der Waals surface area contributed by atoms with Gasteiger partial charge in [-0.1, -0.05) is 0 Å². The predicted molar refractivity (Wildman–Crippen MR) is 68.6 cm³/mol. The summed E-state index contributed by atoms with van der Waals surface area (Å²) in [6.07, 6.45) is 2.78. The Morgan fingerprint density at radius 3 is 2.75 bits per heavy atom. The summed E-state index contributed by atoms with van der Waals surface area (Å²) in [6.45, 7) is 0.00352. The highest BCUT2D eigenvalue weighted by atomic mass is 32.2. The van der Waals surface area contributed by atoms with Gasteiger partial charge in [-0.2, -0.15) is 5.10 Å². The Morgan fingerprint density at radius 2 is 2.15 bits per heavy atom. The number of carboxylic acid groups (broad SMARTS) is 1. The Hall–Kier alpha value is -1.90. The van der Waals surface area contributed by atoms with Crippen LogP contribution in [0.5, 0.6) is 0 Å². The molecule has 2 rings (SSSR count). The lowest BCUT2D eigenvalue weighted by Crippen LogP contribution is -2.52. The molecule has 1 aromatic heterocycles. The van der Waals surface area contributed by atoms with Crippen molar-refractivity contribution in [2.75, 3.05) is 18.1 Å². The van der Waals surface area contributed by atoms with E-state index in [9.17, 15) is 18.0 Å². The summed E-state index contributed by atoms with van der Waals surface area (Å²) >= 11 is 0. The van der Waals surface area contributed by atoms with Crippen LogP contribution in [0.3, 0.4) is 0 Å². The molecule has 110 valence electrons. The van der Waals surface area contributed by atoms with E-state index in [4.69, 9.17) is 5.11 Å². The van der Waals surface area contributed by atoms with Crippen molar-refractivity contribution in [2.24, 2.45) is 0 Å². The smallest absolute Gasteiger partial charge is 0.305 e. The fraction of sp³-hybridized carbons (Fsp3) is 0.545. The molecule has 1 atom stereocenters. The van der Waals surface area contributed by atoms with Crippen molar-refractivity contribution in [3.63, 3.8) is 0 Å². The van der Waals surface area contributed by atoms with Crippen molar-refractivity contribution < 1.29 is 23.1 Å². The zero-order valence-electron chi connectivity index (χ0n) is 10.7. The molecule has 20 heavy (non-hydrogen) atoms. The van der Waals surface area contributed by atoms with Gasteiger partial charge >= 0.3 is 5.97 Å². The van der Waals surface area contributed by atoms with Gasteiger partial charge in [0, 0.05) is 18.9 Å². The topological polar surface area (TPSA) is 110 Å². The van der Waals surface area contributed by atoms with Gasteiger partial charge in [0.15, 0.2) is 9.84 Å². The second kappa shape index (κ2) is 5.61. The van der Waals surface area contributed by atoms with E-state index < -0.39 is 21.8 Å². The standard InChI is InChI=1S/C11H15N3O5S/c15-10(7-13-3-1-2-12-13)14-4-5-20(18,19)8-9(14)6-11(16)17/h1-3,9H,4-8H2,(H,16,17). The summed E-state index contributed by atoms with van der Waals surface area (Å²) in [5, 5.41) is 12.7. The van der Waals surface area contributed by atoms with Gasteiger partial charge in [-0.15, -0.1) is 0 Å². The molecule has 0 bridgehead atoms. The minimum absolute atomic E-state index is 0.0246. The van der Waals surface area contributed by atoms with Crippen LogP contribution in [0.1, 0.15) is 6.42 Å². The molecule has 0 radical (unpaired) electrons. The van der Waals surface area contributed by atoms with E-state index in [1.54, 1.807) is 12.3 Å². The zero-order valence-corrected chi connectivity index (χ0v) is 11.5. The van der Waals surface area contributed by atoms with Crippen molar-refractivity contribution in [3.8, 4) is 0 Å². The summed E-state index contributed by atoms with van der Waals surface area (Å²) in [7, 11) is -3.29. The van der Waals surface area contributed by atoms with Crippen LogP contribution in [0.15, 0.2) is 18.5 Å². The third-order valence-corrected chi connectivity index (χ3v) is 4.81. The Kier molecular flexibility index (Phi) is 4.07. The highest BCUT2D eigenvalue weighted by molar-refractivity contribution is 7.91. The molecule has 1 unspecified atom stereocenters. The van der Waals surface area contributed by atoms with E-state index in [0.717, 1.165) is 0 Å². The molecule has 0 saturated carbocycles. The zero-order chi connectivity index (χ0) is 14.8. The highest BCUT2D eigenvalue weighted by Gasteiger charge is 2.35. The molecule has 1 fully saturated rings.